The van der Waals surface area contributed by atoms with Crippen molar-refractivity contribution in [3.8, 4) is 0 Å². The number of allylic oxidation sites excluding steroid dienone is 21. The standard InChI is InChI=1S/C62H99NO10/c1-4-7-10-13-16-19-22-24-26-28-30-32-35-38-41-44-47-50-57(67)73-60-59(69)58(68)56(51-64)72-62(60)71-52-53(54(65)48-45-42-39-36-33-21-18-15-12-9-6-3)63-61(70)55(66)49-46-43-40-37-34-31-29-27-25-23-20-17-14-11-8-5-2/h7,10,13,16-17,19-20,22,24-28,30-32,34-35,40,43,45,48,53-56,58-60,62,64-66,68-69H,4-6,8-9,11-12,14-15,18,21,23,29,33,36-39,41-42,44,46-47,49-52H2,1-3H3,(H,63,70)/b10-7-,16-13+,20-17-,22-19+,26-24-,27-25-,30-28+,34-31-,35-32+,43-40-,48-45+. The van der Waals surface area contributed by atoms with E-state index in [0.29, 0.717) is 12.8 Å². The van der Waals surface area contributed by atoms with Gasteiger partial charge in [-0.3, -0.25) is 9.59 Å². The lowest BCUT2D eigenvalue weighted by Gasteiger charge is -2.41. The van der Waals surface area contributed by atoms with E-state index in [1.54, 1.807) is 6.08 Å². The van der Waals surface area contributed by atoms with Crippen LogP contribution in [0.5, 0.6) is 0 Å². The number of carbonyl (C=O) groups is 2. The van der Waals surface area contributed by atoms with Crippen molar-refractivity contribution in [2.24, 2.45) is 0 Å². The van der Waals surface area contributed by atoms with Crippen LogP contribution in [-0.4, -0.2) is 99.6 Å². The molecule has 6 N–H and O–H groups in total. The van der Waals surface area contributed by atoms with Gasteiger partial charge in [0.2, 0.25) is 5.91 Å². The number of nitrogens with one attached hydrogen (secondary N) is 1. The molecule has 0 spiro atoms. The van der Waals surface area contributed by atoms with Gasteiger partial charge in [-0.15, -0.1) is 0 Å². The van der Waals surface area contributed by atoms with Crippen molar-refractivity contribution in [1.82, 2.24) is 5.32 Å². The number of aliphatic hydroxyl groups excluding tert-OH is 5. The summed E-state index contributed by atoms with van der Waals surface area (Å²) >= 11 is 0. The number of unbranched alkanes of at least 4 members (excludes halogenated alkanes) is 15. The van der Waals surface area contributed by atoms with E-state index < -0.39 is 67.4 Å². The molecule has 0 aromatic carbocycles. The smallest absolute Gasteiger partial charge is 0.306 e. The van der Waals surface area contributed by atoms with Gasteiger partial charge >= 0.3 is 5.97 Å². The average Bonchev–Trinajstić information content (AvgIpc) is 3.39. The first-order valence-corrected chi connectivity index (χ1v) is 28.0. The second-order valence-corrected chi connectivity index (χ2v) is 18.7. The first kappa shape index (κ1) is 66.8. The van der Waals surface area contributed by atoms with Crippen molar-refractivity contribution in [2.45, 2.75) is 230 Å². The highest BCUT2D eigenvalue weighted by Gasteiger charge is 2.47. The third-order valence-corrected chi connectivity index (χ3v) is 12.2. The van der Waals surface area contributed by atoms with Gasteiger partial charge in [0.15, 0.2) is 12.4 Å². The maximum atomic E-state index is 13.3. The van der Waals surface area contributed by atoms with E-state index >= 15 is 0 Å². The fourth-order valence-electron chi connectivity index (χ4n) is 7.73. The summed E-state index contributed by atoms with van der Waals surface area (Å²) < 4.78 is 17.5. The Bertz CT molecular complexity index is 1690. The van der Waals surface area contributed by atoms with Gasteiger partial charge in [-0.25, -0.2) is 0 Å². The Kier molecular flexibility index (Phi) is 44.6. The molecule has 1 fully saturated rings. The zero-order chi connectivity index (χ0) is 53.3. The molecule has 0 aromatic heterocycles. The van der Waals surface area contributed by atoms with Gasteiger partial charge < -0.3 is 45.1 Å². The van der Waals surface area contributed by atoms with Crippen LogP contribution < -0.4 is 5.32 Å². The summed E-state index contributed by atoms with van der Waals surface area (Å²) in [4.78, 5) is 26.4. The third kappa shape index (κ3) is 37.2. The first-order valence-electron chi connectivity index (χ1n) is 28.0. The Labute approximate surface area is 442 Å². The second-order valence-electron chi connectivity index (χ2n) is 18.7. The Morgan fingerprint density at radius 1 is 0.562 bits per heavy atom. The molecular weight excluding hydrogens is 919 g/mol. The molecule has 1 amide bonds. The molecule has 1 saturated heterocycles. The summed E-state index contributed by atoms with van der Waals surface area (Å²) in [7, 11) is 0. The average molecular weight is 1020 g/mol. The highest BCUT2D eigenvalue weighted by molar-refractivity contribution is 5.80. The third-order valence-electron chi connectivity index (χ3n) is 12.2. The number of hydrogen-bond acceptors (Lipinski definition) is 10. The van der Waals surface area contributed by atoms with E-state index in [0.717, 1.165) is 77.0 Å². The van der Waals surface area contributed by atoms with Crippen molar-refractivity contribution in [2.75, 3.05) is 13.2 Å². The van der Waals surface area contributed by atoms with E-state index in [9.17, 15) is 35.1 Å². The lowest BCUT2D eigenvalue weighted by Crippen LogP contribution is -2.61. The minimum atomic E-state index is -1.65. The summed E-state index contributed by atoms with van der Waals surface area (Å²) in [5, 5.41) is 56.7. The molecule has 1 heterocycles. The van der Waals surface area contributed by atoms with Crippen LogP contribution in [-0.2, 0) is 23.8 Å². The van der Waals surface area contributed by atoms with Crippen LogP contribution in [0, 0.1) is 0 Å². The van der Waals surface area contributed by atoms with Gasteiger partial charge in [-0.05, 0) is 83.5 Å². The van der Waals surface area contributed by atoms with E-state index in [-0.39, 0.29) is 19.4 Å². The number of rotatable bonds is 44. The van der Waals surface area contributed by atoms with E-state index in [4.69, 9.17) is 14.2 Å². The molecule has 0 bridgehead atoms. The normalized spacial score (nSPS) is 20.5. The number of carbonyl (C=O) groups excluding carboxylic acids is 2. The van der Waals surface area contributed by atoms with Crippen molar-refractivity contribution in [3.05, 3.63) is 134 Å². The lowest BCUT2D eigenvalue weighted by atomic mass is 9.99. The second kappa shape index (κ2) is 48.7. The first-order chi connectivity index (χ1) is 35.7. The summed E-state index contributed by atoms with van der Waals surface area (Å²) in [6.07, 6.45) is 57.8. The summed E-state index contributed by atoms with van der Waals surface area (Å²) in [6.45, 7) is 5.51. The number of ether oxygens (including phenoxy) is 3. The molecule has 1 aliphatic rings. The van der Waals surface area contributed by atoms with Crippen LogP contribution in [0.4, 0.5) is 0 Å². The molecule has 0 aromatic rings. The number of hydrogen-bond donors (Lipinski definition) is 6. The predicted molar refractivity (Wildman–Crippen MR) is 301 cm³/mol. The lowest BCUT2D eigenvalue weighted by molar-refractivity contribution is -0.305. The molecular formula is C62H99NO10. The fourth-order valence-corrected chi connectivity index (χ4v) is 7.73. The zero-order valence-corrected chi connectivity index (χ0v) is 45.2. The minimum absolute atomic E-state index is 0.0571. The van der Waals surface area contributed by atoms with Crippen LogP contribution in [0.25, 0.3) is 0 Å². The van der Waals surface area contributed by atoms with Gasteiger partial charge in [0.05, 0.1) is 25.4 Å². The molecule has 1 rings (SSSR count). The molecule has 8 atom stereocenters. The van der Waals surface area contributed by atoms with Crippen molar-refractivity contribution in [1.29, 1.82) is 0 Å². The number of aliphatic hydroxyl groups is 5. The van der Waals surface area contributed by atoms with Crippen molar-refractivity contribution in [3.63, 3.8) is 0 Å². The fraction of sp³-hybridized carbons (Fsp3) is 0.613. The molecule has 0 saturated carbocycles. The molecule has 0 aliphatic carbocycles. The molecule has 0 radical (unpaired) electrons. The van der Waals surface area contributed by atoms with Gasteiger partial charge in [0.25, 0.3) is 0 Å². The van der Waals surface area contributed by atoms with E-state index in [1.165, 1.54) is 57.8 Å². The van der Waals surface area contributed by atoms with Crippen LogP contribution >= 0.6 is 0 Å². The van der Waals surface area contributed by atoms with Crippen molar-refractivity contribution >= 4 is 11.9 Å². The van der Waals surface area contributed by atoms with Crippen LogP contribution in [0.3, 0.4) is 0 Å². The van der Waals surface area contributed by atoms with Gasteiger partial charge in [0, 0.05) is 6.42 Å². The highest BCUT2D eigenvalue weighted by atomic mass is 16.7. The van der Waals surface area contributed by atoms with E-state index in [2.05, 4.69) is 74.7 Å². The maximum Gasteiger partial charge on any atom is 0.306 e. The Hall–Kier alpha value is -4.20. The quantitative estimate of drug-likeness (QED) is 0.0149. The summed E-state index contributed by atoms with van der Waals surface area (Å²) in [5.41, 5.74) is 0. The molecule has 11 heteroatoms. The Morgan fingerprint density at radius 2 is 1.04 bits per heavy atom. The van der Waals surface area contributed by atoms with Gasteiger partial charge in [-0.2, -0.15) is 0 Å². The van der Waals surface area contributed by atoms with Gasteiger partial charge in [-0.1, -0.05) is 225 Å². The molecule has 1 aliphatic heterocycles. The number of amides is 1. The predicted octanol–water partition coefficient (Wildman–Crippen LogP) is 12.5. The Morgan fingerprint density at radius 3 is 1.63 bits per heavy atom. The summed E-state index contributed by atoms with van der Waals surface area (Å²) in [6, 6.07) is -1.07. The largest absolute Gasteiger partial charge is 0.454 e. The maximum absolute atomic E-state index is 13.3. The van der Waals surface area contributed by atoms with Crippen LogP contribution in [0.2, 0.25) is 0 Å². The van der Waals surface area contributed by atoms with Crippen LogP contribution in [0.1, 0.15) is 181 Å². The molecule has 412 valence electrons. The molecule has 8 unspecified atom stereocenters. The number of esters is 1. The minimum Gasteiger partial charge on any atom is -0.454 e. The SMILES string of the molecule is CC\C=C/C=C/C=C/C=C\C=C\C=C\CCCCCC(=O)OC1C(OCC(NC(=O)C(O)CC/C=C\C/C=C\C/C=C\C/C=C\CCCCC)C(O)/C=C/CCCCCCCCCCC)OC(CO)C(O)C1O. The van der Waals surface area contributed by atoms with Crippen molar-refractivity contribution < 1.29 is 49.3 Å². The molecule has 11 nitrogen and oxygen atoms in total. The topological polar surface area (TPSA) is 175 Å². The van der Waals surface area contributed by atoms with Gasteiger partial charge in [0.1, 0.15) is 24.4 Å². The van der Waals surface area contributed by atoms with E-state index in [1.807, 2.05) is 79.0 Å². The highest BCUT2D eigenvalue weighted by Crippen LogP contribution is 2.26. The zero-order valence-electron chi connectivity index (χ0n) is 45.2. The Balaban J connectivity index is 2.82. The monoisotopic (exact) mass is 1020 g/mol. The van der Waals surface area contributed by atoms with Crippen LogP contribution in [0.15, 0.2) is 134 Å². The summed E-state index contributed by atoms with van der Waals surface area (Å²) in [5.74, 6) is -1.32. The molecule has 73 heavy (non-hydrogen) atoms.